The Hall–Kier alpha value is -1.74. The second-order valence-corrected chi connectivity index (χ2v) is 9.33. The highest BCUT2D eigenvalue weighted by Gasteiger charge is 2.35. The number of carbonyl (C=O) groups is 1. The first-order chi connectivity index (χ1) is 14.8. The molecule has 0 heterocycles. The predicted molar refractivity (Wildman–Crippen MR) is 124 cm³/mol. The third-order valence-electron chi connectivity index (χ3n) is 4.57. The maximum absolute atomic E-state index is 12.0. The number of carbonyl (C=O) groups excluding carboxylic acids is 1. The summed E-state index contributed by atoms with van der Waals surface area (Å²) in [7, 11) is 0. The van der Waals surface area contributed by atoms with E-state index >= 15 is 0 Å². The van der Waals surface area contributed by atoms with E-state index in [4.69, 9.17) is 49.0 Å². The molecule has 0 saturated heterocycles. The van der Waals surface area contributed by atoms with E-state index in [1.165, 1.54) is 0 Å². The summed E-state index contributed by atoms with van der Waals surface area (Å²) in [4.78, 5) is 12.0. The smallest absolute Gasteiger partial charge is 0.384 e. The van der Waals surface area contributed by atoms with E-state index in [0.717, 1.165) is 11.1 Å². The van der Waals surface area contributed by atoms with Gasteiger partial charge in [-0.05, 0) is 25.0 Å². The van der Waals surface area contributed by atoms with Gasteiger partial charge >= 0.3 is 5.97 Å². The number of benzene rings is 2. The molecule has 0 bridgehead atoms. The van der Waals surface area contributed by atoms with Crippen molar-refractivity contribution in [3.8, 4) is 11.8 Å². The Kier molecular flexibility index (Phi) is 10.2. The van der Waals surface area contributed by atoms with Gasteiger partial charge in [-0.3, -0.25) is 0 Å². The number of esters is 1. The molecular weight excluding hydrogens is 459 g/mol. The number of hydrogen-bond acceptors (Lipinski definition) is 4. The van der Waals surface area contributed by atoms with Gasteiger partial charge in [0.05, 0.1) is 12.0 Å². The molecule has 166 valence electrons. The fourth-order valence-electron chi connectivity index (χ4n) is 3.10. The van der Waals surface area contributed by atoms with E-state index in [-0.39, 0.29) is 12.9 Å². The van der Waals surface area contributed by atoms with Crippen LogP contribution in [0.15, 0.2) is 60.7 Å². The maximum atomic E-state index is 12.0. The van der Waals surface area contributed by atoms with Crippen LogP contribution < -0.4 is 0 Å². The quantitative estimate of drug-likeness (QED) is 0.151. The normalized spacial score (nSPS) is 12.5. The van der Waals surface area contributed by atoms with Crippen molar-refractivity contribution in [1.29, 1.82) is 0 Å². The molecule has 0 spiro atoms. The number of ether oxygens (including phenoxy) is 3. The van der Waals surface area contributed by atoms with Gasteiger partial charge in [0.15, 0.2) is 6.29 Å². The molecular formula is C24H25Cl3O4. The third-order valence-corrected chi connectivity index (χ3v) is 4.89. The molecule has 4 nitrogen and oxygen atoms in total. The van der Waals surface area contributed by atoms with Gasteiger partial charge < -0.3 is 14.2 Å². The summed E-state index contributed by atoms with van der Waals surface area (Å²) in [5.41, 5.74) is 1.39. The number of rotatable bonds is 9. The molecule has 31 heavy (non-hydrogen) atoms. The van der Waals surface area contributed by atoms with E-state index in [2.05, 4.69) is 11.8 Å². The molecule has 2 aromatic rings. The summed E-state index contributed by atoms with van der Waals surface area (Å²) < 4.78 is 14.8. The molecule has 0 amide bonds. The van der Waals surface area contributed by atoms with Crippen molar-refractivity contribution in [2.24, 2.45) is 0 Å². The molecule has 0 aliphatic carbocycles. The number of hydrogen-bond donors (Lipinski definition) is 0. The van der Waals surface area contributed by atoms with Crippen molar-refractivity contribution >= 4 is 40.8 Å². The minimum Gasteiger partial charge on any atom is -0.452 e. The topological polar surface area (TPSA) is 44.8 Å². The average molecular weight is 484 g/mol. The summed E-state index contributed by atoms with van der Waals surface area (Å²) in [6.07, 6.45) is -0.0815. The van der Waals surface area contributed by atoms with Gasteiger partial charge in [-0.25, -0.2) is 4.79 Å². The molecule has 0 aromatic heterocycles. The zero-order valence-corrected chi connectivity index (χ0v) is 19.7. The van der Waals surface area contributed by atoms with Crippen molar-refractivity contribution < 1.29 is 19.0 Å². The molecule has 2 aromatic carbocycles. The standard InChI is InChI=1S/C24H25Cl3O4/c1-3-29-19(2)30-17-23(20-11-6-4-7-12-20,21-13-8-5-9-14-21)16-10-15-22(28)31-18-24(25,26)27/h4-9,11-14,19H,3,16-18H2,1-2H3. The Morgan fingerprint density at radius 1 is 0.935 bits per heavy atom. The van der Waals surface area contributed by atoms with Crippen molar-refractivity contribution in [2.75, 3.05) is 19.8 Å². The van der Waals surface area contributed by atoms with Crippen LogP contribution in [-0.4, -0.2) is 35.9 Å². The summed E-state index contributed by atoms with van der Waals surface area (Å²) in [6.45, 7) is 4.24. The SMILES string of the molecule is CCOC(C)OCC(CC#CC(=O)OCC(Cl)(Cl)Cl)(c1ccccc1)c1ccccc1. The Morgan fingerprint density at radius 3 is 1.97 bits per heavy atom. The largest absolute Gasteiger partial charge is 0.452 e. The Balaban J connectivity index is 2.36. The van der Waals surface area contributed by atoms with E-state index in [0.29, 0.717) is 19.6 Å². The van der Waals surface area contributed by atoms with Crippen molar-refractivity contribution in [2.45, 2.75) is 35.8 Å². The lowest BCUT2D eigenvalue weighted by Gasteiger charge is -2.34. The Labute approximate surface area is 198 Å². The fourth-order valence-corrected chi connectivity index (χ4v) is 3.26. The first kappa shape index (κ1) is 25.5. The Bertz CT molecular complexity index is 831. The zero-order valence-electron chi connectivity index (χ0n) is 17.4. The van der Waals surface area contributed by atoms with Crippen molar-refractivity contribution in [3.05, 3.63) is 71.8 Å². The van der Waals surface area contributed by atoms with E-state index < -0.39 is 15.2 Å². The number of alkyl halides is 3. The van der Waals surface area contributed by atoms with Crippen LogP contribution in [0.2, 0.25) is 0 Å². The van der Waals surface area contributed by atoms with Gasteiger partial charge in [0.25, 0.3) is 0 Å². The summed E-state index contributed by atoms with van der Waals surface area (Å²) in [5.74, 6) is 4.67. The molecule has 0 aliphatic heterocycles. The average Bonchev–Trinajstić information content (AvgIpc) is 2.76. The van der Waals surface area contributed by atoms with Gasteiger partial charge in [0.2, 0.25) is 3.79 Å². The molecule has 0 N–H and O–H groups in total. The zero-order chi connectivity index (χ0) is 22.7. The van der Waals surface area contributed by atoms with Gasteiger partial charge in [-0.1, -0.05) is 101 Å². The highest BCUT2D eigenvalue weighted by atomic mass is 35.6. The third kappa shape index (κ3) is 8.37. The summed E-state index contributed by atoms with van der Waals surface area (Å²) in [6, 6.07) is 19.8. The second-order valence-electron chi connectivity index (χ2n) is 6.82. The minimum absolute atomic E-state index is 0.306. The molecule has 7 heteroatoms. The van der Waals surface area contributed by atoms with Gasteiger partial charge in [0.1, 0.15) is 6.61 Å². The van der Waals surface area contributed by atoms with E-state index in [9.17, 15) is 4.79 Å². The molecule has 0 saturated carbocycles. The van der Waals surface area contributed by atoms with Crippen LogP contribution in [0.1, 0.15) is 31.4 Å². The number of halogens is 3. The van der Waals surface area contributed by atoms with Gasteiger partial charge in [-0.15, -0.1) is 0 Å². The maximum Gasteiger partial charge on any atom is 0.384 e. The molecule has 0 fully saturated rings. The van der Waals surface area contributed by atoms with Crippen LogP contribution in [0.4, 0.5) is 0 Å². The highest BCUT2D eigenvalue weighted by Crippen LogP contribution is 2.36. The van der Waals surface area contributed by atoms with Crippen LogP contribution >= 0.6 is 34.8 Å². The molecule has 0 aliphatic rings. The molecule has 0 radical (unpaired) electrons. The Morgan fingerprint density at radius 2 is 1.48 bits per heavy atom. The first-order valence-electron chi connectivity index (χ1n) is 9.83. The highest BCUT2D eigenvalue weighted by molar-refractivity contribution is 6.67. The first-order valence-corrected chi connectivity index (χ1v) is 11.0. The second kappa shape index (κ2) is 12.3. The van der Waals surface area contributed by atoms with Crippen LogP contribution in [0.3, 0.4) is 0 Å². The molecule has 1 unspecified atom stereocenters. The van der Waals surface area contributed by atoms with Crippen molar-refractivity contribution in [3.63, 3.8) is 0 Å². The molecule has 1 atom stereocenters. The van der Waals surface area contributed by atoms with Crippen LogP contribution in [0.5, 0.6) is 0 Å². The summed E-state index contributed by atoms with van der Waals surface area (Å²) >= 11 is 16.9. The lowest BCUT2D eigenvalue weighted by atomic mass is 9.72. The van der Waals surface area contributed by atoms with E-state index in [1.54, 1.807) is 0 Å². The predicted octanol–water partition coefficient (Wildman–Crippen LogP) is 5.68. The van der Waals surface area contributed by atoms with Crippen LogP contribution in [0, 0.1) is 11.8 Å². The van der Waals surface area contributed by atoms with Crippen LogP contribution in [0.25, 0.3) is 0 Å². The van der Waals surface area contributed by atoms with Crippen molar-refractivity contribution in [1.82, 2.24) is 0 Å². The molecule has 2 rings (SSSR count). The monoisotopic (exact) mass is 482 g/mol. The fraction of sp³-hybridized carbons (Fsp3) is 0.375. The lowest BCUT2D eigenvalue weighted by molar-refractivity contribution is -0.137. The minimum atomic E-state index is -1.68. The van der Waals surface area contributed by atoms with E-state index in [1.807, 2.05) is 74.5 Å². The van der Waals surface area contributed by atoms with Gasteiger partial charge in [-0.2, -0.15) is 0 Å². The lowest BCUT2D eigenvalue weighted by Crippen LogP contribution is -2.35. The summed E-state index contributed by atoms with van der Waals surface area (Å²) in [5, 5.41) is 0. The van der Waals surface area contributed by atoms with Crippen LogP contribution in [-0.2, 0) is 24.4 Å². The van der Waals surface area contributed by atoms with Gasteiger partial charge in [0, 0.05) is 18.9 Å².